The molecule has 0 saturated carbocycles. The summed E-state index contributed by atoms with van der Waals surface area (Å²) in [7, 11) is 0. The second kappa shape index (κ2) is 10.2. The highest BCUT2D eigenvalue weighted by molar-refractivity contribution is 14.0. The molecule has 1 aromatic heterocycles. The number of halogens is 1. The molecule has 5 nitrogen and oxygen atoms in total. The van der Waals surface area contributed by atoms with Crippen molar-refractivity contribution in [3.05, 3.63) is 53.4 Å². The van der Waals surface area contributed by atoms with Crippen LogP contribution in [0.2, 0.25) is 0 Å². The third kappa shape index (κ3) is 6.05. The lowest BCUT2D eigenvalue weighted by Gasteiger charge is -2.09. The van der Waals surface area contributed by atoms with Crippen molar-refractivity contribution in [1.82, 2.24) is 15.8 Å². The average Bonchev–Trinajstić information content (AvgIpc) is 2.99. The van der Waals surface area contributed by atoms with Crippen LogP contribution >= 0.6 is 24.0 Å². The third-order valence-electron chi connectivity index (χ3n) is 3.01. The molecule has 0 aliphatic heterocycles. The van der Waals surface area contributed by atoms with Gasteiger partial charge in [-0.15, -0.1) is 24.0 Å². The minimum atomic E-state index is 0. The molecule has 0 spiro atoms. The molecule has 6 heteroatoms. The van der Waals surface area contributed by atoms with Gasteiger partial charge in [0.25, 0.3) is 0 Å². The van der Waals surface area contributed by atoms with Crippen molar-refractivity contribution in [3.63, 3.8) is 0 Å². The second-order valence-electron chi connectivity index (χ2n) is 4.67. The molecule has 0 aliphatic carbocycles. The summed E-state index contributed by atoms with van der Waals surface area (Å²) in [6.45, 7) is 6.14. The van der Waals surface area contributed by atoms with Crippen molar-refractivity contribution >= 4 is 29.9 Å². The first-order valence-electron chi connectivity index (χ1n) is 7.32. The Balaban J connectivity index is 0.00000242. The zero-order valence-corrected chi connectivity index (χ0v) is 15.3. The van der Waals surface area contributed by atoms with Crippen LogP contribution in [0.15, 0.2) is 45.9 Å². The zero-order chi connectivity index (χ0) is 14.9. The lowest BCUT2D eigenvalue weighted by atomic mass is 10.2. The number of benzene rings is 1. The Morgan fingerprint density at radius 1 is 1.18 bits per heavy atom. The maximum atomic E-state index is 5.25. The van der Waals surface area contributed by atoms with Gasteiger partial charge in [-0.05, 0) is 18.9 Å². The molecule has 120 valence electrons. The fraction of sp³-hybridized carbons (Fsp3) is 0.375. The summed E-state index contributed by atoms with van der Waals surface area (Å²) in [6, 6.07) is 12.1. The summed E-state index contributed by atoms with van der Waals surface area (Å²) >= 11 is 0. The van der Waals surface area contributed by atoms with Crippen LogP contribution < -0.4 is 10.6 Å². The topological polar surface area (TPSA) is 62.5 Å². The molecule has 1 heterocycles. The van der Waals surface area contributed by atoms with Crippen LogP contribution in [0.3, 0.4) is 0 Å². The first kappa shape index (κ1) is 18.5. The van der Waals surface area contributed by atoms with Gasteiger partial charge < -0.3 is 15.2 Å². The Labute approximate surface area is 148 Å². The van der Waals surface area contributed by atoms with Crippen molar-refractivity contribution in [2.45, 2.75) is 33.4 Å². The molecular formula is C16H23IN4O. The van der Waals surface area contributed by atoms with E-state index >= 15 is 0 Å². The van der Waals surface area contributed by atoms with E-state index in [1.165, 1.54) is 5.56 Å². The van der Waals surface area contributed by atoms with E-state index in [2.05, 4.69) is 39.8 Å². The number of guanidine groups is 1. The molecule has 22 heavy (non-hydrogen) atoms. The lowest BCUT2D eigenvalue weighted by molar-refractivity contribution is 0.374. The molecule has 0 amide bonds. The van der Waals surface area contributed by atoms with Gasteiger partial charge in [-0.25, -0.2) is 4.99 Å². The molecule has 0 aliphatic rings. The van der Waals surface area contributed by atoms with E-state index in [0.717, 1.165) is 30.4 Å². The molecule has 0 atom stereocenters. The van der Waals surface area contributed by atoms with Gasteiger partial charge >= 0.3 is 0 Å². The normalized spacial score (nSPS) is 10.9. The fourth-order valence-electron chi connectivity index (χ4n) is 1.87. The minimum absolute atomic E-state index is 0. The highest BCUT2D eigenvalue weighted by Crippen LogP contribution is 2.04. The Morgan fingerprint density at radius 2 is 1.95 bits per heavy atom. The van der Waals surface area contributed by atoms with Crippen molar-refractivity contribution in [3.8, 4) is 0 Å². The second-order valence-corrected chi connectivity index (χ2v) is 4.67. The summed E-state index contributed by atoms with van der Waals surface area (Å²) in [4.78, 5) is 4.56. The van der Waals surface area contributed by atoms with E-state index in [9.17, 15) is 0 Å². The van der Waals surface area contributed by atoms with E-state index in [1.807, 2.05) is 31.2 Å². The summed E-state index contributed by atoms with van der Waals surface area (Å²) in [5.74, 6) is 1.59. The maximum Gasteiger partial charge on any atom is 0.191 e. The highest BCUT2D eigenvalue weighted by Gasteiger charge is 2.04. The number of nitrogens with one attached hydrogen (secondary N) is 2. The number of rotatable bonds is 6. The Kier molecular flexibility index (Phi) is 8.57. The SMILES string of the molecule is CCNC(=NCc1ccccc1)NCc1cc(CC)no1.I. The van der Waals surface area contributed by atoms with Gasteiger partial charge in [-0.2, -0.15) is 0 Å². The Hall–Kier alpha value is -1.57. The number of aryl methyl sites for hydroxylation is 1. The van der Waals surface area contributed by atoms with E-state index in [1.54, 1.807) is 0 Å². The fourth-order valence-corrected chi connectivity index (χ4v) is 1.87. The third-order valence-corrected chi connectivity index (χ3v) is 3.01. The molecule has 0 unspecified atom stereocenters. The lowest BCUT2D eigenvalue weighted by Crippen LogP contribution is -2.36. The molecule has 0 radical (unpaired) electrons. The van der Waals surface area contributed by atoms with Gasteiger partial charge in [0.15, 0.2) is 11.7 Å². The molecule has 2 N–H and O–H groups in total. The predicted octanol–water partition coefficient (Wildman–Crippen LogP) is 3.11. The van der Waals surface area contributed by atoms with Crippen LogP contribution in [0, 0.1) is 0 Å². The number of hydrogen-bond acceptors (Lipinski definition) is 3. The zero-order valence-electron chi connectivity index (χ0n) is 13.0. The first-order chi connectivity index (χ1) is 10.3. The van der Waals surface area contributed by atoms with Crippen LogP contribution in [0.1, 0.15) is 30.9 Å². The number of nitrogens with zero attached hydrogens (tertiary/aromatic N) is 2. The minimum Gasteiger partial charge on any atom is -0.359 e. The van der Waals surface area contributed by atoms with Crippen LogP contribution in [0.4, 0.5) is 0 Å². The molecule has 0 saturated heterocycles. The predicted molar refractivity (Wildman–Crippen MR) is 99.4 cm³/mol. The first-order valence-corrected chi connectivity index (χ1v) is 7.32. The van der Waals surface area contributed by atoms with Crippen molar-refractivity contribution in [1.29, 1.82) is 0 Å². The Morgan fingerprint density at radius 3 is 2.59 bits per heavy atom. The van der Waals surface area contributed by atoms with E-state index in [4.69, 9.17) is 4.52 Å². The molecule has 1 aromatic carbocycles. The standard InChI is InChI=1S/C16H22N4O.HI/c1-3-14-10-15(21-20-14)12-19-16(17-4-2)18-11-13-8-6-5-7-9-13;/h5-10H,3-4,11-12H2,1-2H3,(H2,17,18,19);1H. The number of aromatic nitrogens is 1. The monoisotopic (exact) mass is 414 g/mol. The van der Waals surface area contributed by atoms with Gasteiger partial charge in [0, 0.05) is 12.6 Å². The van der Waals surface area contributed by atoms with Crippen molar-refractivity contribution in [2.75, 3.05) is 6.54 Å². The molecule has 0 fully saturated rings. The smallest absolute Gasteiger partial charge is 0.191 e. The van der Waals surface area contributed by atoms with Crippen LogP contribution in [0.25, 0.3) is 0 Å². The quantitative estimate of drug-likeness (QED) is 0.433. The van der Waals surface area contributed by atoms with Crippen molar-refractivity contribution in [2.24, 2.45) is 4.99 Å². The number of aliphatic imine (C=N–C) groups is 1. The molecular weight excluding hydrogens is 391 g/mol. The molecule has 2 aromatic rings. The van der Waals surface area contributed by atoms with Gasteiger partial charge in [0.05, 0.1) is 18.8 Å². The van der Waals surface area contributed by atoms with E-state index < -0.39 is 0 Å². The van der Waals surface area contributed by atoms with Crippen molar-refractivity contribution < 1.29 is 4.52 Å². The van der Waals surface area contributed by atoms with Gasteiger partial charge in [-0.3, -0.25) is 0 Å². The van der Waals surface area contributed by atoms with Gasteiger partial charge in [0.2, 0.25) is 0 Å². The summed E-state index contributed by atoms with van der Waals surface area (Å²) in [5, 5.41) is 10.4. The summed E-state index contributed by atoms with van der Waals surface area (Å²) < 4.78 is 5.25. The number of hydrogen-bond donors (Lipinski definition) is 2. The van der Waals surface area contributed by atoms with Crippen LogP contribution in [-0.2, 0) is 19.5 Å². The van der Waals surface area contributed by atoms with Gasteiger partial charge in [-0.1, -0.05) is 42.4 Å². The molecule has 0 bridgehead atoms. The molecule has 2 rings (SSSR count). The largest absolute Gasteiger partial charge is 0.359 e. The van der Waals surface area contributed by atoms with Crippen LogP contribution in [-0.4, -0.2) is 17.7 Å². The summed E-state index contributed by atoms with van der Waals surface area (Å²) in [5.41, 5.74) is 2.15. The average molecular weight is 414 g/mol. The highest BCUT2D eigenvalue weighted by atomic mass is 127. The van der Waals surface area contributed by atoms with Gasteiger partial charge in [0.1, 0.15) is 0 Å². The summed E-state index contributed by atoms with van der Waals surface area (Å²) in [6.07, 6.45) is 0.881. The van der Waals surface area contributed by atoms with E-state index in [-0.39, 0.29) is 24.0 Å². The Bertz CT molecular complexity index is 569. The van der Waals surface area contributed by atoms with E-state index in [0.29, 0.717) is 13.1 Å². The van der Waals surface area contributed by atoms with Crippen LogP contribution in [0.5, 0.6) is 0 Å². The maximum absolute atomic E-state index is 5.25.